The van der Waals surface area contributed by atoms with E-state index >= 15 is 0 Å². The number of nitrogens with one attached hydrogen (secondary N) is 2. The molecule has 234 valence electrons. The highest BCUT2D eigenvalue weighted by Crippen LogP contribution is 2.27. The molecule has 0 aliphatic carbocycles. The zero-order valence-electron chi connectivity index (χ0n) is 26.4. The highest BCUT2D eigenvalue weighted by Gasteiger charge is 2.20. The van der Waals surface area contributed by atoms with Crippen LogP contribution in [0.15, 0.2) is 55.0 Å². The van der Waals surface area contributed by atoms with E-state index in [4.69, 9.17) is 4.74 Å². The zero-order valence-corrected chi connectivity index (χ0v) is 26.4. The Balaban J connectivity index is 0.000000566. The van der Waals surface area contributed by atoms with Gasteiger partial charge in [0.1, 0.15) is 17.0 Å². The molecule has 0 bridgehead atoms. The van der Waals surface area contributed by atoms with Gasteiger partial charge < -0.3 is 29.6 Å². The van der Waals surface area contributed by atoms with E-state index in [1.54, 1.807) is 25.5 Å². The van der Waals surface area contributed by atoms with Gasteiger partial charge in [-0.3, -0.25) is 9.59 Å². The second kappa shape index (κ2) is 13.2. The SMILES string of the molecule is CC(=O)N1CCN(c2ccc(Nc3cc4[nH]c(-c5cnn(C(=O)OC(C)(C)C)c5)cc4cn3)cc2)CC1.CC(C)(C)OC=O. The Labute approximate surface area is 257 Å². The van der Waals surface area contributed by atoms with Gasteiger partial charge in [-0.1, -0.05) is 0 Å². The fourth-order valence-corrected chi connectivity index (χ4v) is 4.45. The Morgan fingerprint density at radius 3 is 2.20 bits per heavy atom. The second-order valence-electron chi connectivity index (χ2n) is 12.5. The highest BCUT2D eigenvalue weighted by molar-refractivity contribution is 5.87. The van der Waals surface area contributed by atoms with Gasteiger partial charge in [0.2, 0.25) is 5.91 Å². The fourth-order valence-electron chi connectivity index (χ4n) is 4.45. The molecule has 1 aliphatic heterocycles. The predicted octanol–water partition coefficient (Wildman–Crippen LogP) is 5.58. The van der Waals surface area contributed by atoms with Crippen molar-refractivity contribution in [3.05, 3.63) is 55.0 Å². The van der Waals surface area contributed by atoms with Crippen LogP contribution in [-0.2, 0) is 19.1 Å². The van der Waals surface area contributed by atoms with Gasteiger partial charge in [0.05, 0.1) is 11.7 Å². The Morgan fingerprint density at radius 2 is 1.64 bits per heavy atom. The van der Waals surface area contributed by atoms with Crippen LogP contribution in [-0.4, -0.2) is 80.5 Å². The van der Waals surface area contributed by atoms with E-state index in [9.17, 15) is 14.4 Å². The number of carbonyl (C=O) groups is 3. The number of hydrogen-bond donors (Lipinski definition) is 2. The summed E-state index contributed by atoms with van der Waals surface area (Å²) in [4.78, 5) is 45.5. The normalized spacial score (nSPS) is 13.6. The summed E-state index contributed by atoms with van der Waals surface area (Å²) >= 11 is 0. The zero-order chi connectivity index (χ0) is 32.1. The van der Waals surface area contributed by atoms with E-state index in [0.29, 0.717) is 12.3 Å². The van der Waals surface area contributed by atoms with Crippen LogP contribution >= 0.6 is 0 Å². The minimum atomic E-state index is -0.592. The van der Waals surface area contributed by atoms with Crippen LogP contribution < -0.4 is 10.2 Å². The number of nitrogens with zero attached hydrogens (tertiary/aromatic N) is 5. The third kappa shape index (κ3) is 8.82. The first kappa shape index (κ1) is 32.1. The molecule has 12 nitrogen and oxygen atoms in total. The topological polar surface area (TPSA) is 135 Å². The van der Waals surface area contributed by atoms with Gasteiger partial charge >= 0.3 is 6.09 Å². The first-order valence-corrected chi connectivity index (χ1v) is 14.5. The number of aromatic nitrogens is 4. The van der Waals surface area contributed by atoms with Crippen molar-refractivity contribution >= 4 is 46.6 Å². The van der Waals surface area contributed by atoms with Crippen LogP contribution in [0.3, 0.4) is 0 Å². The van der Waals surface area contributed by atoms with Crippen molar-refractivity contribution in [2.75, 3.05) is 36.4 Å². The molecule has 1 amide bonds. The minimum absolute atomic E-state index is 0.133. The molecule has 4 heterocycles. The van der Waals surface area contributed by atoms with Crippen LogP contribution in [0.25, 0.3) is 22.2 Å². The number of benzene rings is 1. The molecule has 12 heteroatoms. The van der Waals surface area contributed by atoms with E-state index in [-0.39, 0.29) is 11.5 Å². The summed E-state index contributed by atoms with van der Waals surface area (Å²) in [6.07, 6.45) is 4.56. The molecule has 1 aliphatic rings. The Hall–Kier alpha value is -4.87. The largest absolute Gasteiger partial charge is 0.462 e. The molecule has 1 aromatic carbocycles. The molecular formula is C32H41N7O5. The molecule has 4 aromatic rings. The van der Waals surface area contributed by atoms with Crippen molar-refractivity contribution in [1.82, 2.24) is 24.6 Å². The van der Waals surface area contributed by atoms with Crippen LogP contribution in [0.4, 0.5) is 22.0 Å². The van der Waals surface area contributed by atoms with E-state index in [0.717, 1.165) is 59.7 Å². The summed E-state index contributed by atoms with van der Waals surface area (Å²) in [6, 6.07) is 12.2. The lowest BCUT2D eigenvalue weighted by atomic mass is 10.2. The molecule has 0 atom stereocenters. The number of hydrogen-bond acceptors (Lipinski definition) is 9. The predicted molar refractivity (Wildman–Crippen MR) is 170 cm³/mol. The van der Waals surface area contributed by atoms with E-state index in [2.05, 4.69) is 42.2 Å². The van der Waals surface area contributed by atoms with E-state index in [1.165, 1.54) is 4.68 Å². The molecular weight excluding hydrogens is 562 g/mol. The molecule has 3 aromatic heterocycles. The molecule has 0 spiro atoms. The average Bonchev–Trinajstić information content (AvgIpc) is 3.60. The first-order chi connectivity index (χ1) is 20.7. The Bertz CT molecular complexity index is 1590. The summed E-state index contributed by atoms with van der Waals surface area (Å²) in [5.74, 6) is 0.849. The van der Waals surface area contributed by atoms with Crippen molar-refractivity contribution in [3.63, 3.8) is 0 Å². The summed E-state index contributed by atoms with van der Waals surface area (Å²) in [5.41, 5.74) is 3.68. The highest BCUT2D eigenvalue weighted by atomic mass is 16.6. The maximum absolute atomic E-state index is 12.3. The summed E-state index contributed by atoms with van der Waals surface area (Å²) in [6.45, 7) is 16.2. The first-order valence-electron chi connectivity index (χ1n) is 14.5. The molecule has 44 heavy (non-hydrogen) atoms. The third-order valence-electron chi connectivity index (χ3n) is 6.61. The van der Waals surface area contributed by atoms with Gasteiger partial charge in [0.15, 0.2) is 0 Å². The molecule has 0 radical (unpaired) electrons. The third-order valence-corrected chi connectivity index (χ3v) is 6.61. The number of amides is 1. The quantitative estimate of drug-likeness (QED) is 0.280. The van der Waals surface area contributed by atoms with Gasteiger partial charge in [-0.2, -0.15) is 9.78 Å². The number of carbonyl (C=O) groups excluding carboxylic acids is 3. The van der Waals surface area contributed by atoms with Gasteiger partial charge in [0.25, 0.3) is 6.47 Å². The molecule has 1 fully saturated rings. The fraction of sp³-hybridized carbons (Fsp3) is 0.406. The minimum Gasteiger partial charge on any atom is -0.462 e. The van der Waals surface area contributed by atoms with Gasteiger partial charge in [-0.05, 0) is 71.9 Å². The maximum Gasteiger partial charge on any atom is 0.435 e. The van der Waals surface area contributed by atoms with Crippen LogP contribution in [0.1, 0.15) is 48.5 Å². The lowest BCUT2D eigenvalue weighted by Gasteiger charge is -2.35. The Kier molecular flexibility index (Phi) is 9.61. The van der Waals surface area contributed by atoms with Crippen molar-refractivity contribution in [3.8, 4) is 11.3 Å². The molecule has 5 rings (SSSR count). The lowest BCUT2D eigenvalue weighted by Crippen LogP contribution is -2.48. The number of fused-ring (bicyclic) bond motifs is 1. The van der Waals surface area contributed by atoms with Gasteiger partial charge in [-0.25, -0.2) is 9.78 Å². The average molecular weight is 604 g/mol. The maximum atomic E-state index is 12.3. The van der Waals surface area contributed by atoms with Crippen molar-refractivity contribution in [1.29, 1.82) is 0 Å². The number of ether oxygens (including phenoxy) is 2. The van der Waals surface area contributed by atoms with Crippen molar-refractivity contribution in [2.24, 2.45) is 0 Å². The van der Waals surface area contributed by atoms with E-state index in [1.807, 2.05) is 70.7 Å². The summed E-state index contributed by atoms with van der Waals surface area (Å²) < 4.78 is 11.1. The standard InChI is InChI=1S/C27H31N7O3.C5H10O2/c1-18(35)32-9-11-33(12-10-32)22-7-5-21(6-8-22)30-25-14-24-19(15-28-25)13-23(31-24)20-16-29-34(17-20)26(36)37-27(2,3)4;1-5(2,3)7-4-6/h5-8,13-17,31H,9-12H2,1-4H3,(H,28,30);4H,1-3H3. The monoisotopic (exact) mass is 603 g/mol. The molecule has 0 unspecified atom stereocenters. The molecule has 1 saturated heterocycles. The lowest BCUT2D eigenvalue weighted by molar-refractivity contribution is -0.138. The van der Waals surface area contributed by atoms with Crippen molar-refractivity contribution < 1.29 is 23.9 Å². The number of pyridine rings is 1. The molecule has 2 N–H and O–H groups in total. The summed E-state index contributed by atoms with van der Waals surface area (Å²) in [5, 5.41) is 8.45. The smallest absolute Gasteiger partial charge is 0.435 e. The number of rotatable bonds is 5. The molecule has 0 saturated carbocycles. The van der Waals surface area contributed by atoms with E-state index < -0.39 is 11.7 Å². The van der Waals surface area contributed by atoms with Crippen LogP contribution in [0.5, 0.6) is 0 Å². The second-order valence-corrected chi connectivity index (χ2v) is 12.5. The number of H-pyrrole nitrogens is 1. The Morgan fingerprint density at radius 1 is 0.955 bits per heavy atom. The van der Waals surface area contributed by atoms with Gasteiger partial charge in [-0.15, -0.1) is 0 Å². The van der Waals surface area contributed by atoms with Crippen LogP contribution in [0, 0.1) is 0 Å². The number of anilines is 3. The number of piperazine rings is 1. The number of aromatic amines is 1. The van der Waals surface area contributed by atoms with Gasteiger partial charge in [0, 0.05) is 79.6 Å². The van der Waals surface area contributed by atoms with Crippen molar-refractivity contribution in [2.45, 2.75) is 59.7 Å². The summed E-state index contributed by atoms with van der Waals surface area (Å²) in [7, 11) is 0. The van der Waals surface area contributed by atoms with Crippen LogP contribution in [0.2, 0.25) is 0 Å².